The molecule has 5 nitrogen and oxygen atoms in total. The third kappa shape index (κ3) is 4.70. The lowest BCUT2D eigenvalue weighted by atomic mass is 10.0. The summed E-state index contributed by atoms with van der Waals surface area (Å²) < 4.78 is 52.0. The third-order valence-electron chi connectivity index (χ3n) is 4.77. The largest absolute Gasteiger partial charge is 0.419 e. The molecule has 1 aromatic rings. The van der Waals surface area contributed by atoms with E-state index in [1.165, 1.54) is 4.90 Å². The molecule has 2 amide bonds. The Morgan fingerprint density at radius 3 is 2.63 bits per heavy atom. The fraction of sp³-hybridized carbons (Fsp3) is 0.529. The van der Waals surface area contributed by atoms with Gasteiger partial charge < -0.3 is 15.1 Å². The molecule has 0 aliphatic carbocycles. The lowest BCUT2D eigenvalue weighted by Crippen LogP contribution is -2.57. The van der Waals surface area contributed by atoms with E-state index in [-0.39, 0.29) is 43.0 Å². The van der Waals surface area contributed by atoms with Crippen LogP contribution in [0.3, 0.4) is 0 Å². The number of piperazine rings is 1. The number of piperidine rings is 1. The number of hydrogen-bond acceptors (Lipinski definition) is 3. The average Bonchev–Trinajstić information content (AvgIpc) is 2.61. The summed E-state index contributed by atoms with van der Waals surface area (Å²) in [4.78, 5) is 27.8. The molecule has 0 radical (unpaired) electrons. The number of carbonyl (C=O) groups excluding carboxylic acids is 2. The molecule has 0 aromatic heterocycles. The van der Waals surface area contributed by atoms with Crippen molar-refractivity contribution in [1.29, 1.82) is 0 Å². The van der Waals surface area contributed by atoms with Crippen LogP contribution in [0.5, 0.6) is 0 Å². The molecule has 2 aliphatic rings. The van der Waals surface area contributed by atoms with Crippen LogP contribution in [-0.4, -0.2) is 60.4 Å². The van der Waals surface area contributed by atoms with E-state index in [4.69, 9.17) is 0 Å². The summed E-state index contributed by atoms with van der Waals surface area (Å²) in [6, 6.07) is 2.13. The molecule has 1 N–H and O–H groups in total. The molecular weight excluding hydrogens is 390 g/mol. The molecule has 0 spiro atoms. The van der Waals surface area contributed by atoms with Crippen molar-refractivity contribution in [3.63, 3.8) is 0 Å². The number of rotatable bonds is 2. The number of nitrogens with one attached hydrogen (secondary N) is 1. The second kappa shape index (κ2) is 8.43. The molecule has 1 unspecified atom stereocenters. The van der Waals surface area contributed by atoms with Gasteiger partial charge in [-0.05, 0) is 31.0 Å². The zero-order valence-electron chi connectivity index (χ0n) is 14.4. The number of likely N-dealkylation sites (tertiary alicyclic amines) is 1. The number of amides is 2. The number of hydrogen-bond donors (Lipinski definition) is 1. The zero-order valence-corrected chi connectivity index (χ0v) is 15.2. The predicted octanol–water partition coefficient (Wildman–Crippen LogP) is 2.30. The van der Waals surface area contributed by atoms with E-state index in [0.29, 0.717) is 38.2 Å². The van der Waals surface area contributed by atoms with Crippen LogP contribution < -0.4 is 5.32 Å². The molecule has 2 saturated heterocycles. The first-order chi connectivity index (χ1) is 12.3. The van der Waals surface area contributed by atoms with Gasteiger partial charge >= 0.3 is 6.18 Å². The van der Waals surface area contributed by atoms with E-state index in [1.807, 2.05) is 0 Å². The number of benzene rings is 1. The lowest BCUT2D eigenvalue weighted by molar-refractivity contribution is -0.140. The molecule has 0 bridgehead atoms. The Balaban J connectivity index is 0.00000261. The number of carbonyl (C=O) groups is 2. The fourth-order valence-corrected chi connectivity index (χ4v) is 3.46. The lowest BCUT2D eigenvalue weighted by Gasteiger charge is -2.41. The molecule has 27 heavy (non-hydrogen) atoms. The Kier molecular flexibility index (Phi) is 6.69. The van der Waals surface area contributed by atoms with Gasteiger partial charge in [0.1, 0.15) is 5.82 Å². The van der Waals surface area contributed by atoms with Crippen LogP contribution in [0.1, 0.15) is 28.8 Å². The van der Waals surface area contributed by atoms with Gasteiger partial charge in [0.2, 0.25) is 5.91 Å². The highest BCUT2D eigenvalue weighted by atomic mass is 35.5. The van der Waals surface area contributed by atoms with Crippen LogP contribution in [0, 0.1) is 5.82 Å². The second-order valence-corrected chi connectivity index (χ2v) is 6.50. The van der Waals surface area contributed by atoms with Gasteiger partial charge in [0.05, 0.1) is 12.1 Å². The SMILES string of the molecule is Cl.O=C(c1ccc(F)c(C(F)(F)F)c1)N1CCCC(N2CCNCC2=O)C1. The minimum absolute atomic E-state index is 0. The number of nitrogens with zero attached hydrogens (tertiary/aromatic N) is 2. The van der Waals surface area contributed by atoms with Crippen molar-refractivity contribution < 1.29 is 27.2 Å². The van der Waals surface area contributed by atoms with Crippen LogP contribution in [-0.2, 0) is 11.0 Å². The van der Waals surface area contributed by atoms with Crippen LogP contribution >= 0.6 is 12.4 Å². The predicted molar refractivity (Wildman–Crippen MR) is 92.2 cm³/mol. The van der Waals surface area contributed by atoms with Crippen LogP contribution in [0.2, 0.25) is 0 Å². The molecule has 10 heteroatoms. The minimum atomic E-state index is -4.86. The Morgan fingerprint density at radius 2 is 1.96 bits per heavy atom. The van der Waals surface area contributed by atoms with Crippen LogP contribution in [0.15, 0.2) is 18.2 Å². The first kappa shape index (κ1) is 21.4. The quantitative estimate of drug-likeness (QED) is 0.763. The van der Waals surface area contributed by atoms with Crippen molar-refractivity contribution in [1.82, 2.24) is 15.1 Å². The molecule has 2 aliphatic heterocycles. The smallest absolute Gasteiger partial charge is 0.337 e. The van der Waals surface area contributed by atoms with Gasteiger partial charge in [-0.15, -0.1) is 12.4 Å². The summed E-state index contributed by atoms with van der Waals surface area (Å²) in [6.45, 7) is 2.12. The maximum atomic E-state index is 13.4. The van der Waals surface area contributed by atoms with Crippen molar-refractivity contribution in [3.8, 4) is 0 Å². The molecule has 2 fully saturated rings. The van der Waals surface area contributed by atoms with Crippen LogP contribution in [0.4, 0.5) is 17.6 Å². The van der Waals surface area contributed by atoms with Crippen molar-refractivity contribution in [2.75, 3.05) is 32.7 Å². The monoisotopic (exact) mass is 409 g/mol. The summed E-state index contributed by atoms with van der Waals surface area (Å²) in [5.74, 6) is -2.03. The van der Waals surface area contributed by atoms with E-state index < -0.39 is 23.5 Å². The summed E-state index contributed by atoms with van der Waals surface area (Å²) in [5.41, 5.74) is -1.65. The molecule has 0 saturated carbocycles. The highest BCUT2D eigenvalue weighted by molar-refractivity contribution is 5.94. The van der Waals surface area contributed by atoms with Gasteiger partial charge in [-0.3, -0.25) is 9.59 Å². The van der Waals surface area contributed by atoms with E-state index in [2.05, 4.69) is 5.32 Å². The number of alkyl halides is 3. The molecule has 2 heterocycles. The Hall–Kier alpha value is -1.87. The highest BCUT2D eigenvalue weighted by Gasteiger charge is 2.36. The standard InChI is InChI=1S/C17H19F4N3O2.ClH/c18-14-4-3-11(8-13(14)17(19,20)21)16(26)23-6-1-2-12(10-23)24-7-5-22-9-15(24)25;/h3-4,8,12,22H,1-2,5-7,9-10H2;1H. The minimum Gasteiger partial charge on any atom is -0.337 e. The summed E-state index contributed by atoms with van der Waals surface area (Å²) in [5, 5.41) is 2.98. The van der Waals surface area contributed by atoms with E-state index in [1.54, 1.807) is 4.90 Å². The first-order valence-electron chi connectivity index (χ1n) is 8.43. The second-order valence-electron chi connectivity index (χ2n) is 6.50. The van der Waals surface area contributed by atoms with Crippen molar-refractivity contribution >= 4 is 24.2 Å². The van der Waals surface area contributed by atoms with Gasteiger partial charge in [0.15, 0.2) is 0 Å². The van der Waals surface area contributed by atoms with Gasteiger partial charge in [-0.25, -0.2) is 4.39 Å². The summed E-state index contributed by atoms with van der Waals surface area (Å²) in [7, 11) is 0. The Bertz CT molecular complexity index is 714. The summed E-state index contributed by atoms with van der Waals surface area (Å²) >= 11 is 0. The number of halogens is 5. The molecule has 150 valence electrons. The average molecular weight is 410 g/mol. The van der Waals surface area contributed by atoms with Crippen molar-refractivity contribution in [2.45, 2.75) is 25.1 Å². The van der Waals surface area contributed by atoms with Gasteiger partial charge in [0.25, 0.3) is 5.91 Å². The molecule has 3 rings (SSSR count). The Morgan fingerprint density at radius 1 is 1.22 bits per heavy atom. The Labute approximate surface area is 160 Å². The molecular formula is C17H20ClF4N3O2. The maximum Gasteiger partial charge on any atom is 0.419 e. The van der Waals surface area contributed by atoms with E-state index >= 15 is 0 Å². The van der Waals surface area contributed by atoms with Gasteiger partial charge in [-0.1, -0.05) is 0 Å². The van der Waals surface area contributed by atoms with Crippen LogP contribution in [0.25, 0.3) is 0 Å². The normalized spacial score (nSPS) is 21.0. The van der Waals surface area contributed by atoms with Gasteiger partial charge in [0, 0.05) is 37.8 Å². The van der Waals surface area contributed by atoms with E-state index in [9.17, 15) is 27.2 Å². The molecule has 1 aromatic carbocycles. The highest BCUT2D eigenvalue weighted by Crippen LogP contribution is 2.32. The van der Waals surface area contributed by atoms with Crippen molar-refractivity contribution in [3.05, 3.63) is 35.1 Å². The fourth-order valence-electron chi connectivity index (χ4n) is 3.46. The van der Waals surface area contributed by atoms with E-state index in [0.717, 1.165) is 12.5 Å². The van der Waals surface area contributed by atoms with Crippen molar-refractivity contribution in [2.24, 2.45) is 0 Å². The third-order valence-corrected chi connectivity index (χ3v) is 4.77. The zero-order chi connectivity index (χ0) is 18.9. The molecule has 1 atom stereocenters. The van der Waals surface area contributed by atoms with Gasteiger partial charge in [-0.2, -0.15) is 13.2 Å². The topological polar surface area (TPSA) is 52.7 Å². The first-order valence-corrected chi connectivity index (χ1v) is 8.43. The summed E-state index contributed by atoms with van der Waals surface area (Å²) in [6.07, 6.45) is -3.47. The maximum absolute atomic E-state index is 13.4.